The van der Waals surface area contributed by atoms with Gasteiger partial charge >= 0.3 is 5.69 Å². The van der Waals surface area contributed by atoms with E-state index in [9.17, 15) is 14.9 Å². The molecule has 1 aromatic carbocycles. The van der Waals surface area contributed by atoms with E-state index in [0.29, 0.717) is 18.9 Å². The fourth-order valence-corrected chi connectivity index (χ4v) is 2.92. The maximum absolute atomic E-state index is 12.5. The van der Waals surface area contributed by atoms with Crippen molar-refractivity contribution in [2.24, 2.45) is 5.92 Å². The van der Waals surface area contributed by atoms with Crippen LogP contribution in [0.1, 0.15) is 12.8 Å². The van der Waals surface area contributed by atoms with E-state index in [1.165, 1.54) is 12.3 Å². The van der Waals surface area contributed by atoms with Gasteiger partial charge in [0.15, 0.2) is 0 Å². The maximum Gasteiger partial charge on any atom is 0.311 e. The zero-order valence-corrected chi connectivity index (χ0v) is 13.1. The number of rotatable bonds is 4. The largest absolute Gasteiger partial charge is 0.350 e. The molecule has 2 aromatic rings. The van der Waals surface area contributed by atoms with Crippen LogP contribution < -0.4 is 10.2 Å². The fourth-order valence-electron chi connectivity index (χ4n) is 2.92. The molecular weight excluding hydrogens is 308 g/mol. The van der Waals surface area contributed by atoms with Gasteiger partial charge in [0.05, 0.1) is 10.8 Å². The summed E-state index contributed by atoms with van der Waals surface area (Å²) in [6, 6.07) is 12.3. The summed E-state index contributed by atoms with van der Waals surface area (Å²) in [7, 11) is 0. The quantitative estimate of drug-likeness (QED) is 0.689. The number of nitrogens with zero attached hydrogens (tertiary/aromatic N) is 3. The van der Waals surface area contributed by atoms with Gasteiger partial charge in [-0.05, 0) is 31.0 Å². The Labute approximate surface area is 139 Å². The van der Waals surface area contributed by atoms with Crippen LogP contribution in [0.2, 0.25) is 0 Å². The molecule has 1 aliphatic rings. The second-order valence-corrected chi connectivity index (χ2v) is 5.74. The number of hydrogen-bond donors (Lipinski definition) is 1. The van der Waals surface area contributed by atoms with E-state index in [1.54, 1.807) is 6.07 Å². The topological polar surface area (TPSA) is 88.4 Å². The number of nitrogens with one attached hydrogen (secondary N) is 1. The number of anilines is 2. The molecule has 1 atom stereocenters. The molecule has 7 nitrogen and oxygen atoms in total. The maximum atomic E-state index is 12.5. The lowest BCUT2D eigenvalue weighted by atomic mass is 9.97. The van der Waals surface area contributed by atoms with E-state index in [1.807, 2.05) is 35.2 Å². The Morgan fingerprint density at radius 2 is 2.04 bits per heavy atom. The van der Waals surface area contributed by atoms with E-state index in [-0.39, 0.29) is 17.5 Å². The molecule has 0 spiro atoms. The summed E-state index contributed by atoms with van der Waals surface area (Å²) < 4.78 is 0. The summed E-state index contributed by atoms with van der Waals surface area (Å²) in [6.45, 7) is 1.09. The number of hydrogen-bond acceptors (Lipinski definition) is 5. The van der Waals surface area contributed by atoms with Crippen LogP contribution in [0.3, 0.4) is 0 Å². The number of para-hydroxylation sites is 1. The minimum absolute atomic E-state index is 0.0263. The molecule has 0 bridgehead atoms. The van der Waals surface area contributed by atoms with Crippen LogP contribution >= 0.6 is 0 Å². The van der Waals surface area contributed by atoms with Crippen molar-refractivity contribution in [2.45, 2.75) is 12.8 Å². The van der Waals surface area contributed by atoms with Gasteiger partial charge in [-0.2, -0.15) is 0 Å². The SMILES string of the molecule is O=C(Nc1ccccc1)C1CCCN(c2ncccc2[N+](=O)[O-])C1. The Hall–Kier alpha value is -2.96. The molecule has 0 saturated carbocycles. The van der Waals surface area contributed by atoms with Crippen molar-refractivity contribution in [1.82, 2.24) is 4.98 Å². The van der Waals surface area contributed by atoms with Crippen molar-refractivity contribution in [3.63, 3.8) is 0 Å². The van der Waals surface area contributed by atoms with E-state index >= 15 is 0 Å². The standard InChI is InChI=1S/C17H18N4O3/c22-17(19-14-7-2-1-3-8-14)13-6-5-11-20(12-13)16-15(21(23)24)9-4-10-18-16/h1-4,7-10,13H,5-6,11-12H2,(H,19,22). The van der Waals surface area contributed by atoms with E-state index < -0.39 is 4.92 Å². The van der Waals surface area contributed by atoms with Crippen LogP contribution in [0.15, 0.2) is 48.7 Å². The minimum atomic E-state index is -0.435. The summed E-state index contributed by atoms with van der Waals surface area (Å²) in [4.78, 5) is 29.2. The predicted octanol–water partition coefficient (Wildman–Crippen LogP) is 2.84. The van der Waals surface area contributed by atoms with Gasteiger partial charge in [-0.3, -0.25) is 14.9 Å². The van der Waals surface area contributed by atoms with Crippen molar-refractivity contribution < 1.29 is 9.72 Å². The number of piperidine rings is 1. The molecule has 1 N–H and O–H groups in total. The molecular formula is C17H18N4O3. The highest BCUT2D eigenvalue weighted by molar-refractivity contribution is 5.93. The predicted molar refractivity (Wildman–Crippen MR) is 90.9 cm³/mol. The summed E-state index contributed by atoms with van der Waals surface area (Å²) >= 11 is 0. The van der Waals surface area contributed by atoms with E-state index in [4.69, 9.17) is 0 Å². The Bertz CT molecular complexity index is 736. The van der Waals surface area contributed by atoms with Gasteiger partial charge in [0.25, 0.3) is 0 Å². The van der Waals surface area contributed by atoms with Gasteiger partial charge in [-0.25, -0.2) is 4.98 Å². The first-order chi connectivity index (χ1) is 11.6. The Kier molecular flexibility index (Phi) is 4.69. The van der Waals surface area contributed by atoms with Crippen LogP contribution in [0.5, 0.6) is 0 Å². The smallest absolute Gasteiger partial charge is 0.311 e. The lowest BCUT2D eigenvalue weighted by Crippen LogP contribution is -2.41. The van der Waals surface area contributed by atoms with Crippen LogP contribution in [0, 0.1) is 16.0 Å². The highest BCUT2D eigenvalue weighted by Gasteiger charge is 2.30. The highest BCUT2D eigenvalue weighted by atomic mass is 16.6. The number of benzene rings is 1. The molecule has 1 aromatic heterocycles. The highest BCUT2D eigenvalue weighted by Crippen LogP contribution is 2.29. The number of amides is 1. The number of pyridine rings is 1. The van der Waals surface area contributed by atoms with Gasteiger partial charge < -0.3 is 10.2 Å². The third-order valence-corrected chi connectivity index (χ3v) is 4.10. The van der Waals surface area contributed by atoms with Crippen LogP contribution in [-0.2, 0) is 4.79 Å². The molecule has 0 aliphatic carbocycles. The van der Waals surface area contributed by atoms with Crippen molar-refractivity contribution in [1.29, 1.82) is 0 Å². The van der Waals surface area contributed by atoms with Crippen molar-refractivity contribution >= 4 is 23.1 Å². The minimum Gasteiger partial charge on any atom is -0.350 e. The molecule has 0 radical (unpaired) electrons. The van der Waals surface area contributed by atoms with Crippen molar-refractivity contribution in [2.75, 3.05) is 23.3 Å². The molecule has 2 heterocycles. The second-order valence-electron chi connectivity index (χ2n) is 5.74. The number of carbonyl (C=O) groups excluding carboxylic acids is 1. The fraction of sp³-hybridized carbons (Fsp3) is 0.294. The first-order valence-corrected chi connectivity index (χ1v) is 7.85. The van der Waals surface area contributed by atoms with Crippen LogP contribution in [0.25, 0.3) is 0 Å². The second kappa shape index (κ2) is 7.08. The molecule has 3 rings (SSSR count). The first kappa shape index (κ1) is 15.9. The molecule has 1 amide bonds. The van der Waals surface area contributed by atoms with E-state index in [0.717, 1.165) is 18.5 Å². The normalized spacial score (nSPS) is 17.3. The Morgan fingerprint density at radius 1 is 1.25 bits per heavy atom. The van der Waals surface area contributed by atoms with Gasteiger partial charge in [0, 0.05) is 31.0 Å². The van der Waals surface area contributed by atoms with Gasteiger partial charge in [-0.15, -0.1) is 0 Å². The lowest BCUT2D eigenvalue weighted by Gasteiger charge is -2.32. The molecule has 124 valence electrons. The average molecular weight is 326 g/mol. The van der Waals surface area contributed by atoms with Gasteiger partial charge in [0.2, 0.25) is 11.7 Å². The first-order valence-electron chi connectivity index (χ1n) is 7.85. The summed E-state index contributed by atoms with van der Waals surface area (Å²) in [5, 5.41) is 14.1. The zero-order valence-electron chi connectivity index (χ0n) is 13.1. The summed E-state index contributed by atoms with van der Waals surface area (Å²) in [6.07, 6.45) is 3.09. The van der Waals surface area contributed by atoms with Crippen LogP contribution in [0.4, 0.5) is 17.2 Å². The van der Waals surface area contributed by atoms with Gasteiger partial charge in [-0.1, -0.05) is 18.2 Å². The van der Waals surface area contributed by atoms with Crippen molar-refractivity contribution in [3.8, 4) is 0 Å². The number of nitro groups is 1. The molecule has 7 heteroatoms. The number of carbonyl (C=O) groups is 1. The average Bonchev–Trinajstić information content (AvgIpc) is 2.62. The lowest BCUT2D eigenvalue weighted by molar-refractivity contribution is -0.384. The third-order valence-electron chi connectivity index (χ3n) is 4.10. The summed E-state index contributed by atoms with van der Waals surface area (Å²) in [5.74, 6) is 0.0461. The molecule has 24 heavy (non-hydrogen) atoms. The zero-order chi connectivity index (χ0) is 16.9. The summed E-state index contributed by atoms with van der Waals surface area (Å²) in [5.41, 5.74) is 0.727. The monoisotopic (exact) mass is 326 g/mol. The molecule has 1 saturated heterocycles. The molecule has 1 aliphatic heterocycles. The number of aromatic nitrogens is 1. The Balaban J connectivity index is 1.73. The third kappa shape index (κ3) is 3.51. The molecule has 1 fully saturated rings. The van der Waals surface area contributed by atoms with E-state index in [2.05, 4.69) is 10.3 Å². The van der Waals surface area contributed by atoms with Crippen molar-refractivity contribution in [3.05, 3.63) is 58.8 Å². The Morgan fingerprint density at radius 3 is 2.79 bits per heavy atom. The van der Waals surface area contributed by atoms with Crippen LogP contribution in [-0.4, -0.2) is 28.9 Å². The van der Waals surface area contributed by atoms with Gasteiger partial charge in [0.1, 0.15) is 0 Å². The molecule has 1 unspecified atom stereocenters.